The third-order valence-corrected chi connectivity index (χ3v) is 8.32. The number of rotatable bonds is 6. The highest BCUT2D eigenvalue weighted by atomic mass is 35.5. The standard InChI is InChI=1S/C30H23ClF7N5O2/c1-42-26-21(43(12-22(34)35)29(42)39-17-3-2-4-17)11-20(40-27(44)13-7-14(30(36,37)38)9-16(33)8-13)23-24(26)28(45)41-25(23)18-10-15(32)5-6-19(18)31/h5-11,17,22,25H,2-4,12H2,1H3,(H,40,44)(H,41,45). The molecule has 15 heteroatoms. The Morgan fingerprint density at radius 1 is 1.11 bits per heavy atom. The van der Waals surface area contributed by atoms with E-state index in [4.69, 9.17) is 11.6 Å². The van der Waals surface area contributed by atoms with Crippen molar-refractivity contribution in [3.63, 3.8) is 0 Å². The molecule has 7 nitrogen and oxygen atoms in total. The summed E-state index contributed by atoms with van der Waals surface area (Å²) in [4.78, 5) is 31.6. The van der Waals surface area contributed by atoms with E-state index in [9.17, 15) is 40.3 Å². The van der Waals surface area contributed by atoms with Crippen LogP contribution >= 0.6 is 11.6 Å². The van der Waals surface area contributed by atoms with Gasteiger partial charge in [0.15, 0.2) is 0 Å². The summed E-state index contributed by atoms with van der Waals surface area (Å²) in [5.74, 6) is -3.90. The minimum Gasteiger partial charge on any atom is -0.341 e. The molecule has 1 atom stereocenters. The molecule has 45 heavy (non-hydrogen) atoms. The van der Waals surface area contributed by atoms with Crippen molar-refractivity contribution in [3.05, 3.63) is 92.6 Å². The first-order chi connectivity index (χ1) is 21.2. The fourth-order valence-corrected chi connectivity index (χ4v) is 5.94. The maximum atomic E-state index is 14.4. The Labute approximate surface area is 255 Å². The number of anilines is 1. The van der Waals surface area contributed by atoms with E-state index in [0.717, 1.165) is 31.4 Å². The Hall–Kier alpha value is -4.33. The summed E-state index contributed by atoms with van der Waals surface area (Å²) in [7, 11) is 1.54. The number of nitrogens with one attached hydrogen (secondary N) is 2. The van der Waals surface area contributed by atoms with Gasteiger partial charge in [0.1, 0.15) is 11.6 Å². The lowest BCUT2D eigenvalue weighted by Gasteiger charge is -2.20. The van der Waals surface area contributed by atoms with Gasteiger partial charge in [-0.15, -0.1) is 0 Å². The number of aromatic nitrogens is 2. The number of carbonyl (C=O) groups excluding carboxylic acids is 2. The number of imidazole rings is 1. The van der Waals surface area contributed by atoms with Crippen LogP contribution in [-0.4, -0.2) is 33.4 Å². The lowest BCUT2D eigenvalue weighted by Crippen LogP contribution is -2.31. The normalized spacial score (nSPS) is 17.2. The Morgan fingerprint density at radius 3 is 2.49 bits per heavy atom. The summed E-state index contributed by atoms with van der Waals surface area (Å²) in [6.07, 6.45) is -5.42. The van der Waals surface area contributed by atoms with E-state index in [1.807, 2.05) is 0 Å². The predicted octanol–water partition coefficient (Wildman–Crippen LogP) is 6.73. The van der Waals surface area contributed by atoms with E-state index in [-0.39, 0.29) is 56.2 Å². The molecule has 1 aliphatic carbocycles. The lowest BCUT2D eigenvalue weighted by atomic mass is 9.94. The van der Waals surface area contributed by atoms with Gasteiger partial charge in [0.05, 0.1) is 40.8 Å². The van der Waals surface area contributed by atoms with E-state index in [1.54, 1.807) is 7.05 Å². The van der Waals surface area contributed by atoms with E-state index >= 15 is 0 Å². The average Bonchev–Trinajstić information content (AvgIpc) is 3.40. The second kappa shape index (κ2) is 11.2. The number of nitrogens with zero attached hydrogens (tertiary/aromatic N) is 3. The van der Waals surface area contributed by atoms with E-state index in [2.05, 4.69) is 15.6 Å². The van der Waals surface area contributed by atoms with Crippen LogP contribution in [0.2, 0.25) is 5.02 Å². The molecule has 2 aliphatic rings. The monoisotopic (exact) mass is 653 g/mol. The van der Waals surface area contributed by atoms with Gasteiger partial charge in [-0.3, -0.25) is 9.59 Å². The molecule has 4 aromatic rings. The predicted molar refractivity (Wildman–Crippen MR) is 150 cm³/mol. The maximum Gasteiger partial charge on any atom is 0.416 e. The fraction of sp³-hybridized carbons (Fsp3) is 0.300. The van der Waals surface area contributed by atoms with Crippen LogP contribution in [0.25, 0.3) is 11.0 Å². The number of hydrogen-bond donors (Lipinski definition) is 2. The molecule has 1 unspecified atom stereocenters. The zero-order valence-corrected chi connectivity index (χ0v) is 24.0. The Kier molecular flexibility index (Phi) is 7.66. The Morgan fingerprint density at radius 2 is 1.84 bits per heavy atom. The van der Waals surface area contributed by atoms with Crippen LogP contribution in [0.15, 0.2) is 47.5 Å². The number of fused-ring (bicyclic) bond motifs is 3. The number of benzene rings is 3. The SMILES string of the molecule is Cn1c(=NC2CCC2)n(CC(F)F)c2cc(NC(=O)c3cc(F)cc(C(F)(F)F)c3)c3c(c21)C(=O)NC3c1cc(F)ccc1Cl. The van der Waals surface area contributed by atoms with E-state index in [1.165, 1.54) is 21.3 Å². The number of halogens is 8. The molecular formula is C30H23ClF7N5O2. The minimum atomic E-state index is -4.96. The highest BCUT2D eigenvalue weighted by Gasteiger charge is 2.38. The van der Waals surface area contributed by atoms with Crippen LogP contribution in [0, 0.1) is 11.6 Å². The molecule has 0 saturated heterocycles. The van der Waals surface area contributed by atoms with Gasteiger partial charge in [-0.25, -0.2) is 22.6 Å². The number of alkyl halides is 5. The zero-order valence-electron chi connectivity index (χ0n) is 23.3. The van der Waals surface area contributed by atoms with Crippen LogP contribution in [0.4, 0.5) is 36.4 Å². The van der Waals surface area contributed by atoms with Gasteiger partial charge in [-0.2, -0.15) is 13.2 Å². The summed E-state index contributed by atoms with van der Waals surface area (Å²) in [5, 5.41) is 5.18. The quantitative estimate of drug-likeness (QED) is 0.226. The van der Waals surface area contributed by atoms with Gasteiger partial charge in [-0.1, -0.05) is 11.6 Å². The molecule has 1 fully saturated rings. The lowest BCUT2D eigenvalue weighted by molar-refractivity contribution is -0.137. The van der Waals surface area contributed by atoms with E-state index in [0.29, 0.717) is 12.1 Å². The smallest absolute Gasteiger partial charge is 0.341 e. The molecule has 2 N–H and O–H groups in total. The molecule has 0 spiro atoms. The van der Waals surface area contributed by atoms with Crippen LogP contribution in [0.1, 0.15) is 62.7 Å². The molecule has 236 valence electrons. The van der Waals surface area contributed by atoms with Gasteiger partial charge in [0.25, 0.3) is 18.2 Å². The minimum absolute atomic E-state index is 0.0483. The maximum absolute atomic E-state index is 14.4. The third kappa shape index (κ3) is 5.55. The van der Waals surface area contributed by atoms with Gasteiger partial charge >= 0.3 is 6.18 Å². The number of hydrogen-bond acceptors (Lipinski definition) is 3. The highest BCUT2D eigenvalue weighted by molar-refractivity contribution is 6.31. The molecule has 2 heterocycles. The molecule has 2 amide bonds. The highest BCUT2D eigenvalue weighted by Crippen LogP contribution is 2.43. The summed E-state index contributed by atoms with van der Waals surface area (Å²) >= 11 is 6.38. The topological polar surface area (TPSA) is 80.4 Å². The number of amides is 2. The number of aryl methyl sites for hydroxylation is 1. The largest absolute Gasteiger partial charge is 0.416 e. The Balaban J connectivity index is 1.62. The zero-order chi connectivity index (χ0) is 32.4. The average molecular weight is 654 g/mol. The first kappa shape index (κ1) is 30.7. The van der Waals surface area contributed by atoms with Crippen molar-refractivity contribution in [1.82, 2.24) is 14.5 Å². The fourth-order valence-electron chi connectivity index (χ4n) is 5.72. The second-order valence-electron chi connectivity index (χ2n) is 10.9. The van der Waals surface area contributed by atoms with Crippen LogP contribution < -0.4 is 16.3 Å². The van der Waals surface area contributed by atoms with Crippen LogP contribution in [-0.2, 0) is 19.8 Å². The summed E-state index contributed by atoms with van der Waals surface area (Å²) < 4.78 is 99.2. The van der Waals surface area contributed by atoms with Crippen molar-refractivity contribution in [2.75, 3.05) is 5.32 Å². The van der Waals surface area contributed by atoms with Crippen molar-refractivity contribution in [2.45, 2.75) is 50.5 Å². The van der Waals surface area contributed by atoms with E-state index < -0.39 is 59.8 Å². The molecular weight excluding hydrogens is 631 g/mol. The van der Waals surface area contributed by atoms with Gasteiger partial charge in [0.2, 0.25) is 5.62 Å². The summed E-state index contributed by atoms with van der Waals surface area (Å²) in [6, 6.07) is 4.70. The third-order valence-electron chi connectivity index (χ3n) is 7.98. The molecule has 3 aromatic carbocycles. The van der Waals surface area contributed by atoms with Crippen LogP contribution in [0.5, 0.6) is 0 Å². The molecule has 1 saturated carbocycles. The van der Waals surface area contributed by atoms with Gasteiger partial charge < -0.3 is 19.8 Å². The van der Waals surface area contributed by atoms with Crippen molar-refractivity contribution >= 4 is 40.1 Å². The van der Waals surface area contributed by atoms with Gasteiger partial charge in [0, 0.05) is 34.4 Å². The number of carbonyl (C=O) groups is 2. The Bertz CT molecular complexity index is 1950. The van der Waals surface area contributed by atoms with Crippen LogP contribution in [0.3, 0.4) is 0 Å². The van der Waals surface area contributed by atoms with Gasteiger partial charge in [-0.05, 0) is 61.7 Å². The second-order valence-corrected chi connectivity index (χ2v) is 11.3. The molecule has 0 bridgehead atoms. The van der Waals surface area contributed by atoms with Crippen molar-refractivity contribution in [1.29, 1.82) is 0 Å². The first-order valence-corrected chi connectivity index (χ1v) is 14.1. The van der Waals surface area contributed by atoms with Crippen molar-refractivity contribution < 1.29 is 40.3 Å². The molecule has 1 aromatic heterocycles. The van der Waals surface area contributed by atoms with Crippen molar-refractivity contribution in [2.24, 2.45) is 12.0 Å². The molecule has 6 rings (SSSR count). The summed E-state index contributed by atoms with van der Waals surface area (Å²) in [5.41, 5.74) is -1.80. The summed E-state index contributed by atoms with van der Waals surface area (Å²) in [6.45, 7) is -0.825. The molecule has 0 radical (unpaired) electrons. The van der Waals surface area contributed by atoms with Crippen molar-refractivity contribution in [3.8, 4) is 0 Å². The molecule has 1 aliphatic heterocycles. The first-order valence-electron chi connectivity index (χ1n) is 13.8.